The predicted octanol–water partition coefficient (Wildman–Crippen LogP) is 0.895. The fourth-order valence-corrected chi connectivity index (χ4v) is 2.93. The highest BCUT2D eigenvalue weighted by Gasteiger charge is 2.06. The number of carbonyl (C=O) groups excluding carboxylic acids is 1. The van der Waals surface area contributed by atoms with Crippen LogP contribution in [0.5, 0.6) is 0 Å². The van der Waals surface area contributed by atoms with E-state index in [2.05, 4.69) is 28.4 Å². The first kappa shape index (κ1) is 22.2. The number of nitrogens with zero attached hydrogens (tertiary/aromatic N) is 2. The number of amides is 1. The number of nitrogens with one attached hydrogen (secondary N) is 1. The molecule has 0 aliphatic rings. The molecule has 2 aromatic rings. The topological polar surface area (TPSA) is 108 Å². The number of hydrogen-bond acceptors (Lipinski definition) is 4. The fraction of sp³-hybridized carbons (Fsp3) is 0.364. The average molecular weight is 398 g/mol. The van der Waals surface area contributed by atoms with Crippen LogP contribution in [-0.4, -0.2) is 36.1 Å². The summed E-state index contributed by atoms with van der Waals surface area (Å²) >= 11 is 0. The van der Waals surface area contributed by atoms with Crippen LogP contribution in [-0.2, 0) is 11.3 Å². The van der Waals surface area contributed by atoms with Crippen molar-refractivity contribution in [3.63, 3.8) is 0 Å². The van der Waals surface area contributed by atoms with Gasteiger partial charge in [0, 0.05) is 37.9 Å². The van der Waals surface area contributed by atoms with E-state index in [4.69, 9.17) is 16.2 Å². The van der Waals surface area contributed by atoms with Crippen molar-refractivity contribution < 1.29 is 9.53 Å². The second kappa shape index (κ2) is 11.1. The van der Waals surface area contributed by atoms with Gasteiger partial charge in [-0.2, -0.15) is 0 Å². The maximum absolute atomic E-state index is 11.3. The molecule has 0 fully saturated rings. The Labute approximate surface area is 171 Å². The van der Waals surface area contributed by atoms with Gasteiger partial charge in [-0.3, -0.25) is 4.79 Å². The van der Waals surface area contributed by atoms with E-state index in [1.54, 1.807) is 12.1 Å². The monoisotopic (exact) mass is 397 g/mol. The molecule has 7 nitrogen and oxygen atoms in total. The standard InChI is InChI=1S/C22H31N5O2/c1-4-6-19(23)26-22(25-12-14-29-5-2)20-16(3)11-13-27(20)15-17-7-9-18(10-8-17)21(24)28/h7-11,13,25H,3-6,12,14-15H2,1-2H3,(H2,23,26)(H2,24,28)/b22-20+. The van der Waals surface area contributed by atoms with Gasteiger partial charge in [-0.15, -0.1) is 0 Å². The summed E-state index contributed by atoms with van der Waals surface area (Å²) in [5.41, 5.74) is 12.9. The Hall–Kier alpha value is -3.06. The van der Waals surface area contributed by atoms with E-state index in [0.29, 0.717) is 43.5 Å². The van der Waals surface area contributed by atoms with Gasteiger partial charge in [0.25, 0.3) is 0 Å². The van der Waals surface area contributed by atoms with Crippen LogP contribution in [0.2, 0.25) is 0 Å². The number of amidine groups is 1. The summed E-state index contributed by atoms with van der Waals surface area (Å²) in [5, 5.41) is 5.07. The molecule has 156 valence electrons. The lowest BCUT2D eigenvalue weighted by atomic mass is 10.1. The van der Waals surface area contributed by atoms with Gasteiger partial charge in [-0.1, -0.05) is 25.6 Å². The molecule has 0 atom stereocenters. The van der Waals surface area contributed by atoms with Gasteiger partial charge in [0.05, 0.1) is 12.0 Å². The van der Waals surface area contributed by atoms with Crippen molar-refractivity contribution in [1.82, 2.24) is 9.88 Å². The van der Waals surface area contributed by atoms with E-state index >= 15 is 0 Å². The summed E-state index contributed by atoms with van der Waals surface area (Å²) in [5.74, 6) is 0.817. The molecule has 1 heterocycles. The van der Waals surface area contributed by atoms with Gasteiger partial charge in [0.2, 0.25) is 5.91 Å². The minimum atomic E-state index is -0.437. The van der Waals surface area contributed by atoms with Crippen LogP contribution in [0.1, 0.15) is 42.6 Å². The molecule has 1 aromatic carbocycles. The molecule has 0 bridgehead atoms. The van der Waals surface area contributed by atoms with Gasteiger partial charge in [-0.05, 0) is 42.3 Å². The number of rotatable bonds is 11. The van der Waals surface area contributed by atoms with Crippen molar-refractivity contribution >= 4 is 24.1 Å². The third-order valence-electron chi connectivity index (χ3n) is 4.37. The Balaban J connectivity index is 2.41. The summed E-state index contributed by atoms with van der Waals surface area (Å²) in [6, 6.07) is 9.19. The molecule has 0 saturated heterocycles. The lowest BCUT2D eigenvalue weighted by Crippen LogP contribution is -2.36. The highest BCUT2D eigenvalue weighted by molar-refractivity contribution is 5.92. The number of aliphatic imine (C=N–C) groups is 1. The van der Waals surface area contributed by atoms with Crippen molar-refractivity contribution in [3.8, 4) is 0 Å². The molecule has 0 spiro atoms. The van der Waals surface area contributed by atoms with E-state index in [1.807, 2.05) is 31.3 Å². The minimum Gasteiger partial charge on any atom is -0.387 e. The van der Waals surface area contributed by atoms with Crippen LogP contribution in [0, 0.1) is 0 Å². The van der Waals surface area contributed by atoms with Crippen molar-refractivity contribution in [2.45, 2.75) is 33.2 Å². The van der Waals surface area contributed by atoms with Crippen molar-refractivity contribution in [2.24, 2.45) is 16.5 Å². The molecular weight excluding hydrogens is 366 g/mol. The second-order valence-electron chi connectivity index (χ2n) is 6.70. The number of nitrogens with two attached hydrogens (primary N) is 2. The first-order chi connectivity index (χ1) is 14.0. The minimum absolute atomic E-state index is 0.437. The molecule has 7 heteroatoms. The summed E-state index contributed by atoms with van der Waals surface area (Å²) in [6.45, 7) is 10.6. The summed E-state index contributed by atoms with van der Waals surface area (Å²) in [7, 11) is 0. The molecule has 5 N–H and O–H groups in total. The van der Waals surface area contributed by atoms with Gasteiger partial charge >= 0.3 is 0 Å². The smallest absolute Gasteiger partial charge is 0.248 e. The highest BCUT2D eigenvalue weighted by atomic mass is 16.5. The summed E-state index contributed by atoms with van der Waals surface area (Å²) in [4.78, 5) is 15.9. The predicted molar refractivity (Wildman–Crippen MR) is 118 cm³/mol. The van der Waals surface area contributed by atoms with Crippen LogP contribution in [0.15, 0.2) is 41.5 Å². The average Bonchev–Trinajstić information content (AvgIpc) is 3.05. The van der Waals surface area contributed by atoms with E-state index in [1.165, 1.54) is 0 Å². The number of benzene rings is 1. The van der Waals surface area contributed by atoms with E-state index in [9.17, 15) is 4.79 Å². The first-order valence-corrected chi connectivity index (χ1v) is 9.88. The third-order valence-corrected chi connectivity index (χ3v) is 4.37. The molecule has 0 unspecified atom stereocenters. The van der Waals surface area contributed by atoms with Crippen LogP contribution < -0.4 is 27.4 Å². The lowest BCUT2D eigenvalue weighted by Gasteiger charge is -2.11. The molecule has 29 heavy (non-hydrogen) atoms. The number of primary amides is 1. The van der Waals surface area contributed by atoms with Gasteiger partial charge in [-0.25, -0.2) is 4.99 Å². The zero-order valence-electron chi connectivity index (χ0n) is 17.3. The van der Waals surface area contributed by atoms with Crippen LogP contribution in [0.4, 0.5) is 0 Å². The van der Waals surface area contributed by atoms with E-state index < -0.39 is 5.91 Å². The molecule has 0 radical (unpaired) electrons. The Kier molecular flexibility index (Phi) is 8.48. The zero-order valence-corrected chi connectivity index (χ0v) is 17.3. The second-order valence-corrected chi connectivity index (χ2v) is 6.70. The molecule has 0 saturated carbocycles. The van der Waals surface area contributed by atoms with Crippen molar-refractivity contribution in [3.05, 3.63) is 58.2 Å². The summed E-state index contributed by atoms with van der Waals surface area (Å²) < 4.78 is 7.49. The van der Waals surface area contributed by atoms with Gasteiger partial charge in [0.15, 0.2) is 5.82 Å². The largest absolute Gasteiger partial charge is 0.387 e. The molecule has 1 aromatic heterocycles. The normalized spacial score (nSPS) is 12.7. The molecule has 2 rings (SSSR count). The maximum Gasteiger partial charge on any atom is 0.248 e. The third kappa shape index (κ3) is 6.50. The Morgan fingerprint density at radius 1 is 1.21 bits per heavy atom. The summed E-state index contributed by atoms with van der Waals surface area (Å²) in [6.07, 6.45) is 3.61. The van der Waals surface area contributed by atoms with E-state index in [0.717, 1.165) is 29.0 Å². The number of hydrogen-bond donors (Lipinski definition) is 3. The molecule has 0 aliphatic carbocycles. The number of carbonyl (C=O) groups is 1. The molecular formula is C22H31N5O2. The number of aromatic nitrogens is 1. The first-order valence-electron chi connectivity index (χ1n) is 9.88. The quantitative estimate of drug-likeness (QED) is 0.297. The number of ether oxygens (including phenoxy) is 1. The molecule has 0 aliphatic heterocycles. The highest BCUT2D eigenvalue weighted by Crippen LogP contribution is 2.05. The van der Waals surface area contributed by atoms with Crippen molar-refractivity contribution in [1.29, 1.82) is 0 Å². The SMILES string of the molecule is C=c1ccn(Cc2ccc(C(N)=O)cc2)/c1=C(/N=C(/N)CCC)NCCOCC. The Morgan fingerprint density at radius 2 is 1.93 bits per heavy atom. The van der Waals surface area contributed by atoms with Crippen molar-refractivity contribution in [2.75, 3.05) is 19.8 Å². The fourth-order valence-electron chi connectivity index (χ4n) is 2.93. The Bertz CT molecular complexity index is 945. The lowest BCUT2D eigenvalue weighted by molar-refractivity contribution is 0.100. The zero-order chi connectivity index (χ0) is 21.2. The van der Waals surface area contributed by atoms with Crippen LogP contribution >= 0.6 is 0 Å². The van der Waals surface area contributed by atoms with Crippen LogP contribution in [0.25, 0.3) is 12.4 Å². The van der Waals surface area contributed by atoms with Crippen LogP contribution in [0.3, 0.4) is 0 Å². The maximum atomic E-state index is 11.3. The Morgan fingerprint density at radius 3 is 2.55 bits per heavy atom. The molecule has 1 amide bonds. The van der Waals surface area contributed by atoms with E-state index in [-0.39, 0.29) is 0 Å². The van der Waals surface area contributed by atoms with Gasteiger partial charge < -0.3 is 26.1 Å². The van der Waals surface area contributed by atoms with Gasteiger partial charge in [0.1, 0.15) is 5.84 Å².